The highest BCUT2D eigenvalue weighted by Crippen LogP contribution is 2.15. The first-order valence-electron chi connectivity index (χ1n) is 27.7. The average molecular weight is 949 g/mol. The van der Waals surface area contributed by atoms with Gasteiger partial charge in [0.25, 0.3) is 0 Å². The average Bonchev–Trinajstić information content (AvgIpc) is 3.32. The highest BCUT2D eigenvalue weighted by atomic mass is 16.6. The third kappa shape index (κ3) is 61.1. The molecule has 0 saturated carbocycles. The van der Waals surface area contributed by atoms with Gasteiger partial charge in [0.2, 0.25) is 0 Å². The molecule has 396 valence electrons. The van der Waals surface area contributed by atoms with E-state index in [9.17, 15) is 4.79 Å². The van der Waals surface area contributed by atoms with E-state index in [0.717, 1.165) is 25.9 Å². The van der Waals surface area contributed by atoms with Crippen molar-refractivity contribution in [2.75, 3.05) is 139 Å². The summed E-state index contributed by atoms with van der Waals surface area (Å²) in [5.74, 6) is -0.128. The first kappa shape index (κ1) is 65.1. The zero-order valence-electron chi connectivity index (χ0n) is 43.5. The molecule has 0 N–H and O–H groups in total. The molecule has 0 aromatic carbocycles. The van der Waals surface area contributed by atoms with Crippen LogP contribution < -0.4 is 0 Å². The lowest BCUT2D eigenvalue weighted by Gasteiger charge is -2.09. The SMILES string of the molecule is CCCCCCCCCCCCCCCCCCOCCOCCOCCOCCOCCOCCOCCOCCOCCOCCOC(=O)CCCCCCCCCCCCCCC. The molecule has 0 heterocycles. The number of hydrogen-bond acceptors (Lipinski definition) is 12. The van der Waals surface area contributed by atoms with Gasteiger partial charge in [0, 0.05) is 13.0 Å². The standard InChI is InChI=1S/C54H108O12/c1-3-5-7-9-11-13-15-17-18-19-21-23-25-27-29-31-33-56-34-35-57-36-37-58-38-39-59-40-41-60-42-43-61-44-45-62-46-47-63-48-49-64-50-51-65-52-53-66-54(55)32-30-28-26-24-22-20-16-14-12-10-8-6-4-2/h3-53H2,1-2H3. The Morgan fingerprint density at radius 1 is 0.212 bits per heavy atom. The van der Waals surface area contributed by atoms with Crippen LogP contribution in [0.5, 0.6) is 0 Å². The molecule has 0 rings (SSSR count). The van der Waals surface area contributed by atoms with Crippen molar-refractivity contribution in [3.8, 4) is 0 Å². The van der Waals surface area contributed by atoms with Crippen molar-refractivity contribution in [1.82, 2.24) is 0 Å². The maximum Gasteiger partial charge on any atom is 0.305 e. The largest absolute Gasteiger partial charge is 0.463 e. The number of unbranched alkanes of at least 4 members (excludes halogenated alkanes) is 27. The second-order valence-corrected chi connectivity index (χ2v) is 17.6. The Morgan fingerprint density at radius 3 is 0.636 bits per heavy atom. The first-order valence-corrected chi connectivity index (χ1v) is 27.7. The van der Waals surface area contributed by atoms with Crippen LogP contribution in [0.25, 0.3) is 0 Å². The van der Waals surface area contributed by atoms with E-state index in [-0.39, 0.29) is 5.97 Å². The van der Waals surface area contributed by atoms with Crippen molar-refractivity contribution in [2.24, 2.45) is 0 Å². The van der Waals surface area contributed by atoms with Gasteiger partial charge in [-0.3, -0.25) is 4.79 Å². The Bertz CT molecular complexity index is 869. The summed E-state index contributed by atoms with van der Waals surface area (Å²) in [5.41, 5.74) is 0. The summed E-state index contributed by atoms with van der Waals surface area (Å²) in [6, 6.07) is 0. The molecule has 0 amide bonds. The fourth-order valence-electron chi connectivity index (χ4n) is 7.41. The summed E-state index contributed by atoms with van der Waals surface area (Å²) in [6.45, 7) is 15.5. The van der Waals surface area contributed by atoms with E-state index >= 15 is 0 Å². The van der Waals surface area contributed by atoms with Gasteiger partial charge in [-0.15, -0.1) is 0 Å². The molecule has 0 fully saturated rings. The lowest BCUT2D eigenvalue weighted by Crippen LogP contribution is -2.15. The van der Waals surface area contributed by atoms with E-state index in [1.807, 2.05) is 0 Å². The molecule has 0 unspecified atom stereocenters. The van der Waals surface area contributed by atoms with Crippen LogP contribution in [0.3, 0.4) is 0 Å². The van der Waals surface area contributed by atoms with Crippen LogP contribution in [-0.2, 0) is 56.9 Å². The lowest BCUT2D eigenvalue weighted by atomic mass is 10.0. The van der Waals surface area contributed by atoms with Gasteiger partial charge in [-0.1, -0.05) is 187 Å². The highest BCUT2D eigenvalue weighted by Gasteiger charge is 2.03. The van der Waals surface area contributed by atoms with Gasteiger partial charge in [0.05, 0.1) is 126 Å². The lowest BCUT2D eigenvalue weighted by molar-refractivity contribution is -0.145. The number of rotatable bonds is 61. The monoisotopic (exact) mass is 949 g/mol. The molecule has 0 aliphatic carbocycles. The van der Waals surface area contributed by atoms with Gasteiger partial charge in [0.15, 0.2) is 0 Å². The van der Waals surface area contributed by atoms with E-state index in [1.54, 1.807) is 0 Å². The van der Waals surface area contributed by atoms with E-state index in [1.165, 1.54) is 167 Å². The number of carbonyl (C=O) groups is 1. The third-order valence-electron chi connectivity index (χ3n) is 11.5. The normalized spacial score (nSPS) is 11.6. The summed E-state index contributed by atoms with van der Waals surface area (Å²) >= 11 is 0. The molecular formula is C54H108O12. The smallest absolute Gasteiger partial charge is 0.305 e. The van der Waals surface area contributed by atoms with Crippen molar-refractivity contribution < 1.29 is 56.9 Å². The maximum atomic E-state index is 11.9. The van der Waals surface area contributed by atoms with Crippen LogP contribution in [0.15, 0.2) is 0 Å². The molecule has 0 aliphatic heterocycles. The quantitative estimate of drug-likeness (QED) is 0.0426. The fourth-order valence-corrected chi connectivity index (χ4v) is 7.41. The molecule has 0 aromatic heterocycles. The zero-order chi connectivity index (χ0) is 47.4. The Hall–Kier alpha value is -0.930. The number of hydrogen-bond donors (Lipinski definition) is 0. The highest BCUT2D eigenvalue weighted by molar-refractivity contribution is 5.69. The Labute approximate surface area is 406 Å². The Kier molecular flexibility index (Phi) is 61.2. The second-order valence-electron chi connectivity index (χ2n) is 17.6. The predicted octanol–water partition coefficient (Wildman–Crippen LogP) is 12.4. The molecule has 0 aliphatic rings. The van der Waals surface area contributed by atoms with E-state index in [0.29, 0.717) is 139 Å². The maximum absolute atomic E-state index is 11.9. The molecule has 12 nitrogen and oxygen atoms in total. The molecule has 0 radical (unpaired) electrons. The minimum absolute atomic E-state index is 0.128. The first-order chi connectivity index (χ1) is 32.8. The van der Waals surface area contributed by atoms with E-state index < -0.39 is 0 Å². The van der Waals surface area contributed by atoms with Crippen molar-refractivity contribution in [1.29, 1.82) is 0 Å². The van der Waals surface area contributed by atoms with Crippen LogP contribution in [0, 0.1) is 0 Å². The van der Waals surface area contributed by atoms with E-state index in [4.69, 9.17) is 52.1 Å². The van der Waals surface area contributed by atoms with Gasteiger partial charge < -0.3 is 52.1 Å². The number of ether oxygens (including phenoxy) is 11. The summed E-state index contributed by atoms with van der Waals surface area (Å²) in [6.07, 6.45) is 39.5. The van der Waals surface area contributed by atoms with Crippen molar-refractivity contribution >= 4 is 5.97 Å². The van der Waals surface area contributed by atoms with Gasteiger partial charge >= 0.3 is 5.97 Å². The summed E-state index contributed by atoms with van der Waals surface area (Å²) in [7, 11) is 0. The van der Waals surface area contributed by atoms with Gasteiger partial charge in [0.1, 0.15) is 6.61 Å². The molecule has 0 bridgehead atoms. The second kappa shape index (κ2) is 62.1. The van der Waals surface area contributed by atoms with Gasteiger partial charge in [-0.25, -0.2) is 0 Å². The number of esters is 1. The fraction of sp³-hybridized carbons (Fsp3) is 0.981. The summed E-state index contributed by atoms with van der Waals surface area (Å²) < 4.78 is 60.8. The van der Waals surface area contributed by atoms with E-state index in [2.05, 4.69) is 13.8 Å². The molecule has 0 spiro atoms. The summed E-state index contributed by atoms with van der Waals surface area (Å²) in [5, 5.41) is 0. The Balaban J connectivity index is 3.11. The topological polar surface area (TPSA) is 119 Å². The van der Waals surface area contributed by atoms with Crippen LogP contribution in [-0.4, -0.2) is 145 Å². The molecule has 0 saturated heterocycles. The van der Waals surface area contributed by atoms with Crippen LogP contribution >= 0.6 is 0 Å². The molecule has 12 heteroatoms. The minimum Gasteiger partial charge on any atom is -0.463 e. The van der Waals surface area contributed by atoms with Crippen molar-refractivity contribution in [2.45, 2.75) is 206 Å². The van der Waals surface area contributed by atoms with Gasteiger partial charge in [-0.2, -0.15) is 0 Å². The van der Waals surface area contributed by atoms with Crippen LogP contribution in [0.4, 0.5) is 0 Å². The van der Waals surface area contributed by atoms with Crippen molar-refractivity contribution in [3.05, 3.63) is 0 Å². The summed E-state index contributed by atoms with van der Waals surface area (Å²) in [4.78, 5) is 11.9. The molecule has 0 aromatic rings. The molecule has 0 atom stereocenters. The third-order valence-corrected chi connectivity index (χ3v) is 11.5. The van der Waals surface area contributed by atoms with Crippen molar-refractivity contribution in [3.63, 3.8) is 0 Å². The van der Waals surface area contributed by atoms with Crippen LogP contribution in [0.1, 0.15) is 206 Å². The molecule has 66 heavy (non-hydrogen) atoms. The predicted molar refractivity (Wildman–Crippen MR) is 269 cm³/mol. The number of carbonyl (C=O) groups excluding carboxylic acids is 1. The minimum atomic E-state index is -0.128. The molecular weight excluding hydrogens is 841 g/mol. The zero-order valence-corrected chi connectivity index (χ0v) is 43.5. The van der Waals surface area contributed by atoms with Gasteiger partial charge in [-0.05, 0) is 12.8 Å². The Morgan fingerprint density at radius 2 is 0.394 bits per heavy atom. The van der Waals surface area contributed by atoms with Crippen LogP contribution in [0.2, 0.25) is 0 Å².